The third-order valence-electron chi connectivity index (χ3n) is 7.35. The van der Waals surface area contributed by atoms with Crippen LogP contribution in [0.25, 0.3) is 0 Å². The highest BCUT2D eigenvalue weighted by molar-refractivity contribution is 6.44. The summed E-state index contributed by atoms with van der Waals surface area (Å²) in [4.78, 5) is 53.7. The zero-order valence-corrected chi connectivity index (χ0v) is 21.1. The zero-order valence-electron chi connectivity index (χ0n) is 21.1. The maximum Gasteiger partial charge on any atom is 0.303 e. The fourth-order valence-electron chi connectivity index (χ4n) is 5.73. The number of ether oxygens (including phenoxy) is 1. The molecule has 0 aromatic heterocycles. The van der Waals surface area contributed by atoms with Gasteiger partial charge in [-0.3, -0.25) is 14.4 Å². The van der Waals surface area contributed by atoms with Crippen LogP contribution in [0.5, 0.6) is 11.5 Å². The highest BCUT2D eigenvalue weighted by Gasteiger charge is 2.75. The van der Waals surface area contributed by atoms with Gasteiger partial charge in [0.05, 0.1) is 5.56 Å². The van der Waals surface area contributed by atoms with Crippen molar-refractivity contribution in [3.63, 3.8) is 0 Å². The number of nitroso groups, excluding NO2 is 1. The first kappa shape index (κ1) is 24.4. The molecule has 0 bridgehead atoms. The van der Waals surface area contributed by atoms with E-state index in [2.05, 4.69) is 10.5 Å². The third-order valence-corrected chi connectivity index (χ3v) is 7.35. The Morgan fingerprint density at radius 3 is 2.32 bits per heavy atom. The van der Waals surface area contributed by atoms with Gasteiger partial charge in [0.1, 0.15) is 11.5 Å². The quantitative estimate of drug-likeness (QED) is 0.295. The number of phenolic OH excluding ortho intramolecular Hbond substituents is 1. The molecule has 8 nitrogen and oxygen atoms in total. The minimum atomic E-state index is -2.34. The van der Waals surface area contributed by atoms with Gasteiger partial charge in [0.15, 0.2) is 0 Å². The molecule has 1 aliphatic carbocycles. The second-order valence-corrected chi connectivity index (χ2v) is 10.1. The van der Waals surface area contributed by atoms with Crippen molar-refractivity contribution >= 4 is 17.5 Å². The Labute approximate surface area is 213 Å². The number of benzene rings is 3. The summed E-state index contributed by atoms with van der Waals surface area (Å²) >= 11 is 0. The number of fused-ring (bicyclic) bond motifs is 5. The number of nitrogens with zero attached hydrogens (tertiary/aromatic N) is 1. The number of carbonyl (C=O) groups excluding carboxylic acids is 3. The minimum absolute atomic E-state index is 0.0198. The summed E-state index contributed by atoms with van der Waals surface area (Å²) in [5.41, 5.74) is -1.26. The van der Waals surface area contributed by atoms with Gasteiger partial charge in [-0.15, -0.1) is 4.91 Å². The number of rotatable bonds is 5. The molecule has 0 fully saturated rings. The molecule has 0 radical (unpaired) electrons. The molecule has 5 rings (SSSR count). The van der Waals surface area contributed by atoms with Crippen LogP contribution in [0.2, 0.25) is 0 Å². The molecule has 0 spiro atoms. The molecule has 2 unspecified atom stereocenters. The Morgan fingerprint density at radius 1 is 1.03 bits per heavy atom. The molecule has 0 saturated carbocycles. The predicted molar refractivity (Wildman–Crippen MR) is 136 cm³/mol. The van der Waals surface area contributed by atoms with Crippen LogP contribution < -0.4 is 10.1 Å². The van der Waals surface area contributed by atoms with E-state index in [-0.39, 0.29) is 39.7 Å². The number of aromatic hydroxyl groups is 1. The predicted octanol–water partition coefficient (Wildman–Crippen LogP) is 4.84. The second-order valence-electron chi connectivity index (χ2n) is 10.1. The molecular weight excluding hydrogens is 472 g/mol. The first-order chi connectivity index (χ1) is 17.5. The van der Waals surface area contributed by atoms with Crippen molar-refractivity contribution < 1.29 is 24.2 Å². The SMILES string of the molecule is Cc1cc(C)c(C(=O)C(=O)NC23C(=O)c4cccc(O)c4C2(N=O)Oc2cc(C(C)C)ccc23)c(C)c1. The number of carbonyl (C=O) groups is 3. The fourth-order valence-corrected chi connectivity index (χ4v) is 5.73. The number of amides is 1. The Morgan fingerprint density at radius 2 is 1.70 bits per heavy atom. The van der Waals surface area contributed by atoms with E-state index in [1.165, 1.54) is 18.2 Å². The summed E-state index contributed by atoms with van der Waals surface area (Å²) in [6, 6.07) is 12.8. The lowest BCUT2D eigenvalue weighted by molar-refractivity contribution is -0.120. The average Bonchev–Trinajstić information content (AvgIpc) is 3.23. The summed E-state index contributed by atoms with van der Waals surface area (Å²) in [7, 11) is 0. The van der Waals surface area contributed by atoms with Crippen LogP contribution in [-0.2, 0) is 16.1 Å². The molecule has 8 heteroatoms. The zero-order chi connectivity index (χ0) is 26.9. The van der Waals surface area contributed by atoms with Crippen LogP contribution in [-0.4, -0.2) is 22.6 Å². The van der Waals surface area contributed by atoms with Crippen molar-refractivity contribution in [3.05, 3.63) is 97.9 Å². The lowest BCUT2D eigenvalue weighted by Crippen LogP contribution is -2.60. The summed E-state index contributed by atoms with van der Waals surface area (Å²) in [6.07, 6.45) is 0. The van der Waals surface area contributed by atoms with Crippen LogP contribution in [0.1, 0.15) is 73.9 Å². The molecule has 2 atom stereocenters. The van der Waals surface area contributed by atoms with Gasteiger partial charge in [-0.05, 0) is 60.7 Å². The first-order valence-corrected chi connectivity index (χ1v) is 12.0. The first-order valence-electron chi connectivity index (χ1n) is 12.0. The largest absolute Gasteiger partial charge is 0.507 e. The summed E-state index contributed by atoms with van der Waals surface area (Å²) in [5.74, 6) is -2.76. The highest BCUT2D eigenvalue weighted by atomic mass is 16.5. The molecule has 3 aromatic rings. The van der Waals surface area contributed by atoms with E-state index >= 15 is 0 Å². The number of aryl methyl sites for hydroxylation is 3. The van der Waals surface area contributed by atoms with Gasteiger partial charge in [0, 0.05) is 16.7 Å². The number of ketones is 2. The number of phenols is 1. The van der Waals surface area contributed by atoms with Gasteiger partial charge in [-0.25, -0.2) is 0 Å². The number of nitrogens with one attached hydrogen (secondary N) is 1. The van der Waals surface area contributed by atoms with E-state index in [0.717, 1.165) is 11.1 Å². The topological polar surface area (TPSA) is 122 Å². The Kier molecular flexibility index (Phi) is 5.33. The molecule has 37 heavy (non-hydrogen) atoms. The maximum atomic E-state index is 14.1. The van der Waals surface area contributed by atoms with Gasteiger partial charge < -0.3 is 15.2 Å². The average molecular weight is 499 g/mol. The highest BCUT2D eigenvalue weighted by Crippen LogP contribution is 2.62. The summed E-state index contributed by atoms with van der Waals surface area (Å²) < 4.78 is 6.10. The van der Waals surface area contributed by atoms with Crippen molar-refractivity contribution in [2.24, 2.45) is 5.18 Å². The Hall–Kier alpha value is -4.33. The van der Waals surface area contributed by atoms with Crippen molar-refractivity contribution in [2.75, 3.05) is 0 Å². The lowest BCUT2D eigenvalue weighted by atomic mass is 9.80. The monoisotopic (exact) mass is 498 g/mol. The van der Waals surface area contributed by atoms with Gasteiger partial charge in [0.25, 0.3) is 11.7 Å². The second kappa shape index (κ2) is 8.09. The van der Waals surface area contributed by atoms with E-state index < -0.39 is 28.7 Å². The number of hydrogen-bond donors (Lipinski definition) is 2. The van der Waals surface area contributed by atoms with Crippen molar-refractivity contribution in [1.29, 1.82) is 0 Å². The molecule has 1 aliphatic heterocycles. The van der Waals surface area contributed by atoms with E-state index in [0.29, 0.717) is 11.1 Å². The van der Waals surface area contributed by atoms with E-state index in [1.807, 2.05) is 20.8 Å². The van der Waals surface area contributed by atoms with Crippen LogP contribution in [0.15, 0.2) is 53.7 Å². The Balaban J connectivity index is 1.72. The molecule has 2 N–H and O–H groups in total. The number of Topliss-reactive ketones (excluding diaryl/α,β-unsaturated/α-hetero) is 2. The summed E-state index contributed by atoms with van der Waals surface area (Å²) in [5, 5.41) is 16.6. The van der Waals surface area contributed by atoms with Gasteiger partial charge >= 0.3 is 5.72 Å². The maximum absolute atomic E-state index is 14.1. The molecular formula is C29H26N2O6. The van der Waals surface area contributed by atoms with Gasteiger partial charge in [-0.1, -0.05) is 55.8 Å². The van der Waals surface area contributed by atoms with E-state index in [9.17, 15) is 24.4 Å². The minimum Gasteiger partial charge on any atom is -0.507 e. The van der Waals surface area contributed by atoms with Gasteiger partial charge in [-0.2, -0.15) is 0 Å². The van der Waals surface area contributed by atoms with Crippen molar-refractivity contribution in [1.82, 2.24) is 5.32 Å². The smallest absolute Gasteiger partial charge is 0.303 e. The molecule has 2 aliphatic rings. The molecule has 188 valence electrons. The molecule has 3 aromatic carbocycles. The number of hydrogen-bond acceptors (Lipinski definition) is 7. The molecule has 0 saturated heterocycles. The Bertz CT molecular complexity index is 1520. The molecule has 1 heterocycles. The third kappa shape index (κ3) is 3.11. The normalized spacial score (nSPS) is 21.2. The van der Waals surface area contributed by atoms with E-state index in [4.69, 9.17) is 4.74 Å². The van der Waals surface area contributed by atoms with Gasteiger partial charge in [0.2, 0.25) is 11.3 Å². The van der Waals surface area contributed by atoms with Crippen LogP contribution in [0.3, 0.4) is 0 Å². The van der Waals surface area contributed by atoms with Crippen molar-refractivity contribution in [3.8, 4) is 11.5 Å². The van der Waals surface area contributed by atoms with Crippen LogP contribution in [0.4, 0.5) is 0 Å². The van der Waals surface area contributed by atoms with Crippen LogP contribution >= 0.6 is 0 Å². The summed E-state index contributed by atoms with van der Waals surface area (Å²) in [6.45, 7) is 9.29. The van der Waals surface area contributed by atoms with Crippen LogP contribution in [0, 0.1) is 25.7 Å². The fraction of sp³-hybridized carbons (Fsp3) is 0.276. The van der Waals surface area contributed by atoms with Crippen molar-refractivity contribution in [2.45, 2.75) is 51.8 Å². The van der Waals surface area contributed by atoms with E-state index in [1.54, 1.807) is 44.2 Å². The molecule has 1 amide bonds. The lowest BCUT2D eigenvalue weighted by Gasteiger charge is -2.33. The standard InChI is InChI=1S/C29H26N2O6/c1-14(2)18-9-10-20-22(13-18)37-29(31-36)24-19(7-6-8-21(24)32)26(34)28(20,29)30-27(35)25(33)23-16(4)11-15(3)12-17(23)5/h6-14,32H,1-5H3,(H,30,35).